The quantitative estimate of drug-likeness (QED) is 0.806. The summed E-state index contributed by atoms with van der Waals surface area (Å²) in [5.74, 6) is -0.300. The van der Waals surface area contributed by atoms with Crippen LogP contribution < -0.4 is 15.8 Å². The first kappa shape index (κ1) is 18.1. The van der Waals surface area contributed by atoms with E-state index in [-0.39, 0.29) is 24.3 Å². The molecular formula is C19H20ClN3O3. The summed E-state index contributed by atoms with van der Waals surface area (Å²) in [5, 5.41) is 3.41. The Bertz CT molecular complexity index is 856. The summed E-state index contributed by atoms with van der Waals surface area (Å²) >= 11 is 6.08. The molecule has 1 aliphatic heterocycles. The molecule has 0 aliphatic carbocycles. The van der Waals surface area contributed by atoms with Crippen molar-refractivity contribution in [1.29, 1.82) is 0 Å². The number of benzene rings is 2. The first-order valence-corrected chi connectivity index (χ1v) is 8.54. The van der Waals surface area contributed by atoms with E-state index in [4.69, 9.17) is 22.1 Å². The number of likely N-dealkylation sites (tertiary alicyclic amines) is 1. The zero-order valence-corrected chi connectivity index (χ0v) is 15.3. The average molecular weight is 374 g/mol. The Kier molecular flexibility index (Phi) is 5.04. The van der Waals surface area contributed by atoms with Gasteiger partial charge in [-0.1, -0.05) is 23.7 Å². The van der Waals surface area contributed by atoms with Crippen molar-refractivity contribution in [1.82, 2.24) is 4.90 Å². The average Bonchev–Trinajstić information content (AvgIpc) is 2.90. The molecule has 2 aromatic rings. The molecule has 7 heteroatoms. The number of nitrogens with one attached hydrogen (secondary N) is 1. The highest BCUT2D eigenvalue weighted by atomic mass is 35.5. The van der Waals surface area contributed by atoms with Gasteiger partial charge in [0.25, 0.3) is 0 Å². The first-order valence-electron chi connectivity index (χ1n) is 8.16. The van der Waals surface area contributed by atoms with Crippen LogP contribution >= 0.6 is 11.6 Å². The predicted octanol–water partition coefficient (Wildman–Crippen LogP) is 3.09. The van der Waals surface area contributed by atoms with E-state index in [0.717, 1.165) is 5.56 Å². The Labute approximate surface area is 156 Å². The summed E-state index contributed by atoms with van der Waals surface area (Å²) in [4.78, 5) is 26.7. The van der Waals surface area contributed by atoms with Gasteiger partial charge in [-0.25, -0.2) is 0 Å². The van der Waals surface area contributed by atoms with E-state index in [1.54, 1.807) is 42.3 Å². The number of nitrogen functional groups attached to an aromatic ring is 1. The molecule has 0 saturated carbocycles. The van der Waals surface area contributed by atoms with Crippen molar-refractivity contribution in [2.45, 2.75) is 12.5 Å². The molecule has 1 saturated heterocycles. The minimum atomic E-state index is -0.519. The summed E-state index contributed by atoms with van der Waals surface area (Å²) in [7, 11) is 3.23. The standard InChI is InChI=1S/C19H20ClN3O3/c1-23-17(24)10-14(18(23)11-4-3-5-12(20)8-11)19(25)22-13-6-7-16(26-2)15(21)9-13/h3-9,14,18H,10,21H2,1-2H3,(H,22,25). The highest BCUT2D eigenvalue weighted by Gasteiger charge is 2.42. The zero-order valence-electron chi connectivity index (χ0n) is 14.5. The second-order valence-corrected chi connectivity index (χ2v) is 6.70. The third kappa shape index (κ3) is 3.46. The van der Waals surface area contributed by atoms with Crippen molar-refractivity contribution in [2.24, 2.45) is 5.92 Å². The van der Waals surface area contributed by atoms with Crippen LogP contribution in [0.2, 0.25) is 5.02 Å². The third-order valence-electron chi connectivity index (χ3n) is 4.61. The van der Waals surface area contributed by atoms with Gasteiger partial charge in [-0.2, -0.15) is 0 Å². The number of rotatable bonds is 4. The molecule has 136 valence electrons. The molecule has 2 amide bonds. The second-order valence-electron chi connectivity index (χ2n) is 6.26. The number of amides is 2. The molecule has 2 aromatic carbocycles. The van der Waals surface area contributed by atoms with Crippen molar-refractivity contribution in [3.05, 3.63) is 53.1 Å². The van der Waals surface area contributed by atoms with E-state index < -0.39 is 5.92 Å². The molecule has 6 nitrogen and oxygen atoms in total. The van der Waals surface area contributed by atoms with Gasteiger partial charge in [0.15, 0.2) is 0 Å². The molecule has 0 radical (unpaired) electrons. The molecule has 0 spiro atoms. The van der Waals surface area contributed by atoms with Crippen LogP contribution in [-0.4, -0.2) is 30.9 Å². The van der Waals surface area contributed by atoms with Gasteiger partial charge in [-0.15, -0.1) is 0 Å². The molecule has 2 atom stereocenters. The Morgan fingerprint density at radius 3 is 2.73 bits per heavy atom. The third-order valence-corrected chi connectivity index (χ3v) is 4.85. The number of carbonyl (C=O) groups is 2. The Morgan fingerprint density at radius 1 is 1.31 bits per heavy atom. The van der Waals surface area contributed by atoms with Crippen molar-refractivity contribution in [3.8, 4) is 5.75 Å². The smallest absolute Gasteiger partial charge is 0.230 e. The molecule has 26 heavy (non-hydrogen) atoms. The summed E-state index contributed by atoms with van der Waals surface area (Å²) < 4.78 is 5.12. The minimum Gasteiger partial charge on any atom is -0.495 e. The number of halogens is 1. The first-order chi connectivity index (χ1) is 12.4. The van der Waals surface area contributed by atoms with Crippen molar-refractivity contribution < 1.29 is 14.3 Å². The highest BCUT2D eigenvalue weighted by Crippen LogP contribution is 2.38. The monoisotopic (exact) mass is 373 g/mol. The molecule has 1 heterocycles. The molecular weight excluding hydrogens is 354 g/mol. The molecule has 0 bridgehead atoms. The number of methoxy groups -OCH3 is 1. The van der Waals surface area contributed by atoms with Gasteiger partial charge in [0, 0.05) is 24.2 Å². The van der Waals surface area contributed by atoms with Gasteiger partial charge in [0.1, 0.15) is 5.75 Å². The summed E-state index contributed by atoms with van der Waals surface area (Å²) in [6, 6.07) is 11.9. The lowest BCUT2D eigenvalue weighted by Crippen LogP contribution is -2.30. The summed E-state index contributed by atoms with van der Waals surface area (Å²) in [5.41, 5.74) is 7.70. The minimum absolute atomic E-state index is 0.0793. The van der Waals surface area contributed by atoms with Gasteiger partial charge in [0.05, 0.1) is 24.8 Å². The molecule has 1 aliphatic rings. The number of nitrogens with zero attached hydrogens (tertiary/aromatic N) is 1. The van der Waals surface area contributed by atoms with Crippen LogP contribution in [0.15, 0.2) is 42.5 Å². The SMILES string of the molecule is COc1ccc(NC(=O)C2CC(=O)N(C)C2c2cccc(Cl)c2)cc1N. The molecule has 3 N–H and O–H groups in total. The van der Waals surface area contributed by atoms with E-state index in [2.05, 4.69) is 5.32 Å². The lowest BCUT2D eigenvalue weighted by Gasteiger charge is -2.25. The van der Waals surface area contributed by atoms with Crippen LogP contribution in [-0.2, 0) is 9.59 Å². The summed E-state index contributed by atoms with van der Waals surface area (Å²) in [6.07, 6.45) is 0.144. The van der Waals surface area contributed by atoms with Crippen molar-refractivity contribution in [3.63, 3.8) is 0 Å². The maximum Gasteiger partial charge on any atom is 0.230 e. The van der Waals surface area contributed by atoms with Crippen molar-refractivity contribution in [2.75, 3.05) is 25.2 Å². The van der Waals surface area contributed by atoms with E-state index >= 15 is 0 Å². The summed E-state index contributed by atoms with van der Waals surface area (Å²) in [6.45, 7) is 0. The fourth-order valence-corrected chi connectivity index (χ4v) is 3.50. The molecule has 2 unspecified atom stereocenters. The van der Waals surface area contributed by atoms with Gasteiger partial charge < -0.3 is 20.7 Å². The predicted molar refractivity (Wildman–Crippen MR) is 101 cm³/mol. The van der Waals surface area contributed by atoms with Crippen LogP contribution in [0.1, 0.15) is 18.0 Å². The number of ether oxygens (including phenoxy) is 1. The number of nitrogens with two attached hydrogens (primary N) is 1. The number of carbonyl (C=O) groups excluding carboxylic acids is 2. The van der Waals surface area contributed by atoms with Crippen LogP contribution in [0.4, 0.5) is 11.4 Å². The van der Waals surface area contributed by atoms with Crippen LogP contribution in [0.5, 0.6) is 5.75 Å². The van der Waals surface area contributed by atoms with Gasteiger partial charge in [-0.3, -0.25) is 9.59 Å². The maximum atomic E-state index is 12.8. The molecule has 0 aromatic heterocycles. The van der Waals surface area contributed by atoms with E-state index in [9.17, 15) is 9.59 Å². The van der Waals surface area contributed by atoms with Crippen LogP contribution in [0.25, 0.3) is 0 Å². The number of hydrogen-bond acceptors (Lipinski definition) is 4. The van der Waals surface area contributed by atoms with Crippen molar-refractivity contribution >= 4 is 34.8 Å². The topological polar surface area (TPSA) is 84.7 Å². The van der Waals surface area contributed by atoms with Crippen LogP contribution in [0, 0.1) is 5.92 Å². The Hall–Kier alpha value is -2.73. The Morgan fingerprint density at radius 2 is 2.08 bits per heavy atom. The van der Waals surface area contributed by atoms with E-state index in [0.29, 0.717) is 22.1 Å². The lowest BCUT2D eigenvalue weighted by molar-refractivity contribution is -0.127. The fraction of sp³-hybridized carbons (Fsp3) is 0.263. The van der Waals surface area contributed by atoms with Gasteiger partial charge in [0.2, 0.25) is 11.8 Å². The van der Waals surface area contributed by atoms with Gasteiger partial charge in [-0.05, 0) is 35.9 Å². The Balaban J connectivity index is 1.85. The van der Waals surface area contributed by atoms with Gasteiger partial charge >= 0.3 is 0 Å². The van der Waals surface area contributed by atoms with E-state index in [1.807, 2.05) is 12.1 Å². The maximum absolute atomic E-state index is 12.8. The highest BCUT2D eigenvalue weighted by molar-refractivity contribution is 6.30. The second kappa shape index (κ2) is 7.25. The molecule has 3 rings (SSSR count). The lowest BCUT2D eigenvalue weighted by atomic mass is 9.93. The number of anilines is 2. The normalized spacial score (nSPS) is 19.5. The zero-order chi connectivity index (χ0) is 18.8. The van der Waals surface area contributed by atoms with Crippen LogP contribution in [0.3, 0.4) is 0 Å². The van der Waals surface area contributed by atoms with E-state index in [1.165, 1.54) is 7.11 Å². The molecule has 1 fully saturated rings. The fourth-order valence-electron chi connectivity index (χ4n) is 3.30. The number of hydrogen-bond donors (Lipinski definition) is 2. The largest absolute Gasteiger partial charge is 0.495 e.